The predicted octanol–water partition coefficient (Wildman–Crippen LogP) is 3.31. The maximum Gasteiger partial charge on any atom is 0.252 e. The Hall–Kier alpha value is -2.69. The number of hydrogen-bond acceptors (Lipinski definition) is 3. The van der Waals surface area contributed by atoms with Gasteiger partial charge in [0.25, 0.3) is 5.91 Å². The minimum atomic E-state index is -0.345. The highest BCUT2D eigenvalue weighted by atomic mass is 16.2. The Labute approximate surface area is 154 Å². The Morgan fingerprint density at radius 2 is 1.96 bits per heavy atom. The van der Waals surface area contributed by atoms with Gasteiger partial charge in [0.15, 0.2) is 0 Å². The number of benzene rings is 1. The van der Waals surface area contributed by atoms with Crippen LogP contribution in [0.3, 0.4) is 0 Å². The number of aryl methyl sites for hydroxylation is 1. The first-order valence-electron chi connectivity index (χ1n) is 8.92. The van der Waals surface area contributed by atoms with Gasteiger partial charge in [-0.1, -0.05) is 42.5 Å². The summed E-state index contributed by atoms with van der Waals surface area (Å²) in [7, 11) is 0. The van der Waals surface area contributed by atoms with Crippen molar-refractivity contribution in [1.82, 2.24) is 14.7 Å². The molecule has 0 N–H and O–H groups in total. The Morgan fingerprint density at radius 3 is 2.62 bits per heavy atom. The van der Waals surface area contributed by atoms with Gasteiger partial charge in [0, 0.05) is 30.8 Å². The third-order valence-corrected chi connectivity index (χ3v) is 4.91. The quantitative estimate of drug-likeness (QED) is 0.777. The van der Waals surface area contributed by atoms with Gasteiger partial charge in [-0.25, -0.2) is 4.68 Å². The fraction of sp³-hybridized carbons (Fsp3) is 0.381. The molecule has 2 heterocycles. The lowest BCUT2D eigenvalue weighted by molar-refractivity contribution is -0.128. The number of aromatic nitrogens is 2. The van der Waals surface area contributed by atoms with Crippen molar-refractivity contribution in [3.05, 3.63) is 65.0 Å². The van der Waals surface area contributed by atoms with Crippen LogP contribution in [0, 0.1) is 19.8 Å². The number of carbonyl (C=O) groups is 2. The first-order chi connectivity index (χ1) is 12.4. The van der Waals surface area contributed by atoms with Gasteiger partial charge >= 0.3 is 0 Å². The zero-order chi connectivity index (χ0) is 18.8. The van der Waals surface area contributed by atoms with E-state index in [4.69, 9.17) is 0 Å². The van der Waals surface area contributed by atoms with E-state index in [2.05, 4.69) is 11.7 Å². The van der Waals surface area contributed by atoms with Crippen LogP contribution < -0.4 is 0 Å². The van der Waals surface area contributed by atoms with Crippen LogP contribution in [-0.2, 0) is 17.8 Å². The van der Waals surface area contributed by atoms with Crippen LogP contribution >= 0.6 is 0 Å². The summed E-state index contributed by atoms with van der Waals surface area (Å²) in [5, 5.41) is 4.44. The monoisotopic (exact) mass is 351 g/mol. The fourth-order valence-electron chi connectivity index (χ4n) is 3.51. The summed E-state index contributed by atoms with van der Waals surface area (Å²) >= 11 is 0. The molecule has 1 saturated heterocycles. The van der Waals surface area contributed by atoms with E-state index >= 15 is 0 Å². The topological polar surface area (TPSA) is 55.2 Å². The van der Waals surface area contributed by atoms with Gasteiger partial charge in [-0.05, 0) is 32.8 Å². The van der Waals surface area contributed by atoms with Gasteiger partial charge in [-0.15, -0.1) is 0 Å². The molecule has 5 nitrogen and oxygen atoms in total. The molecule has 0 bridgehead atoms. The molecule has 1 aromatic heterocycles. The number of nitrogens with zero attached hydrogens (tertiary/aromatic N) is 3. The van der Waals surface area contributed by atoms with E-state index in [-0.39, 0.29) is 24.2 Å². The molecular weight excluding hydrogens is 326 g/mol. The highest BCUT2D eigenvalue weighted by Crippen LogP contribution is 2.24. The average Bonchev–Trinajstić information content (AvgIpc) is 3.10. The first kappa shape index (κ1) is 18.1. The lowest BCUT2D eigenvalue weighted by Crippen LogP contribution is -2.28. The maximum absolute atomic E-state index is 13.0. The molecule has 1 fully saturated rings. The molecule has 2 aromatic rings. The van der Waals surface area contributed by atoms with Crippen LogP contribution in [0.15, 0.2) is 42.5 Å². The van der Waals surface area contributed by atoms with Crippen LogP contribution in [0.2, 0.25) is 0 Å². The molecule has 26 heavy (non-hydrogen) atoms. The van der Waals surface area contributed by atoms with Gasteiger partial charge in [-0.2, -0.15) is 5.10 Å². The molecule has 136 valence electrons. The highest BCUT2D eigenvalue weighted by molar-refractivity contribution is 5.90. The molecule has 1 atom stereocenters. The number of allylic oxidation sites excluding steroid dienone is 1. The summed E-state index contributed by atoms with van der Waals surface area (Å²) in [5.41, 5.74) is 4.86. The molecule has 0 spiro atoms. The van der Waals surface area contributed by atoms with E-state index < -0.39 is 0 Å². The smallest absolute Gasteiger partial charge is 0.252 e. The highest BCUT2D eigenvalue weighted by Gasteiger charge is 2.36. The number of carbonyl (C=O) groups excluding carboxylic acids is 2. The Bertz CT molecular complexity index is 852. The molecule has 1 unspecified atom stereocenters. The zero-order valence-corrected chi connectivity index (χ0v) is 15.7. The standard InChI is InChI=1S/C21H25N3O2/c1-14(2)10-19-15(3)22-24(16(19)4)21(26)18-11-20(25)23(13-18)12-17-8-6-5-7-9-17/h5-9,18H,1,10-13H2,2-4H3. The van der Waals surface area contributed by atoms with Crippen LogP contribution in [0.25, 0.3) is 0 Å². The Balaban J connectivity index is 1.75. The molecule has 0 aliphatic carbocycles. The number of likely N-dealkylation sites (tertiary alicyclic amines) is 1. The normalized spacial score (nSPS) is 17.0. The molecule has 1 amide bonds. The van der Waals surface area contributed by atoms with Crippen LogP contribution in [0.1, 0.15) is 40.7 Å². The van der Waals surface area contributed by atoms with E-state index in [1.807, 2.05) is 51.1 Å². The van der Waals surface area contributed by atoms with Crippen LogP contribution in [-0.4, -0.2) is 33.0 Å². The van der Waals surface area contributed by atoms with E-state index in [1.165, 1.54) is 4.68 Å². The van der Waals surface area contributed by atoms with Crippen molar-refractivity contribution in [2.45, 2.75) is 40.2 Å². The van der Waals surface area contributed by atoms with Crippen molar-refractivity contribution in [3.63, 3.8) is 0 Å². The molecular formula is C21H25N3O2. The third kappa shape index (κ3) is 3.62. The number of amides is 1. The Morgan fingerprint density at radius 1 is 1.27 bits per heavy atom. The molecule has 1 aliphatic rings. The fourth-order valence-corrected chi connectivity index (χ4v) is 3.51. The molecule has 1 aliphatic heterocycles. The second-order valence-electron chi connectivity index (χ2n) is 7.19. The number of rotatable bonds is 5. The van der Waals surface area contributed by atoms with Crippen LogP contribution in [0.4, 0.5) is 0 Å². The van der Waals surface area contributed by atoms with Crippen molar-refractivity contribution in [2.75, 3.05) is 6.54 Å². The molecule has 3 rings (SSSR count). The second kappa shape index (κ2) is 7.28. The lowest BCUT2D eigenvalue weighted by Gasteiger charge is -2.16. The van der Waals surface area contributed by atoms with E-state index in [1.54, 1.807) is 4.90 Å². The van der Waals surface area contributed by atoms with Crippen molar-refractivity contribution in [1.29, 1.82) is 0 Å². The summed E-state index contributed by atoms with van der Waals surface area (Å²) in [5.74, 6) is -0.416. The largest absolute Gasteiger partial charge is 0.338 e. The van der Waals surface area contributed by atoms with Crippen molar-refractivity contribution in [3.8, 4) is 0 Å². The molecule has 0 saturated carbocycles. The lowest BCUT2D eigenvalue weighted by atomic mass is 10.1. The van der Waals surface area contributed by atoms with Crippen molar-refractivity contribution in [2.24, 2.45) is 5.92 Å². The number of hydrogen-bond donors (Lipinski definition) is 0. The SMILES string of the molecule is C=C(C)Cc1c(C)nn(C(=O)C2CC(=O)N(Cc3ccccc3)C2)c1C. The predicted molar refractivity (Wildman–Crippen MR) is 101 cm³/mol. The molecule has 0 radical (unpaired) electrons. The van der Waals surface area contributed by atoms with Crippen LogP contribution in [0.5, 0.6) is 0 Å². The van der Waals surface area contributed by atoms with Gasteiger partial charge in [0.2, 0.25) is 5.91 Å². The average molecular weight is 351 g/mol. The molecule has 1 aromatic carbocycles. The Kier molecular flexibility index (Phi) is 5.07. The summed E-state index contributed by atoms with van der Waals surface area (Å²) in [6, 6.07) is 9.85. The van der Waals surface area contributed by atoms with Gasteiger partial charge < -0.3 is 4.90 Å². The van der Waals surface area contributed by atoms with Gasteiger partial charge in [0.1, 0.15) is 0 Å². The second-order valence-corrected chi connectivity index (χ2v) is 7.19. The van der Waals surface area contributed by atoms with Gasteiger partial charge in [-0.3, -0.25) is 9.59 Å². The van der Waals surface area contributed by atoms with Crippen molar-refractivity contribution < 1.29 is 9.59 Å². The first-order valence-corrected chi connectivity index (χ1v) is 8.92. The van der Waals surface area contributed by atoms with Crippen molar-refractivity contribution >= 4 is 11.8 Å². The zero-order valence-electron chi connectivity index (χ0n) is 15.7. The summed E-state index contributed by atoms with van der Waals surface area (Å²) < 4.78 is 1.48. The third-order valence-electron chi connectivity index (χ3n) is 4.91. The summed E-state index contributed by atoms with van der Waals surface area (Å²) in [4.78, 5) is 27.1. The van der Waals surface area contributed by atoms with E-state index in [9.17, 15) is 9.59 Å². The minimum absolute atomic E-state index is 0.0240. The maximum atomic E-state index is 13.0. The minimum Gasteiger partial charge on any atom is -0.338 e. The van der Waals surface area contributed by atoms with Gasteiger partial charge in [0.05, 0.1) is 11.6 Å². The molecule has 5 heteroatoms. The van der Waals surface area contributed by atoms with E-state index in [0.29, 0.717) is 19.5 Å². The van der Waals surface area contributed by atoms with E-state index in [0.717, 1.165) is 28.1 Å². The summed E-state index contributed by atoms with van der Waals surface area (Å²) in [6.45, 7) is 10.7. The summed E-state index contributed by atoms with van der Waals surface area (Å²) in [6.07, 6.45) is 0.967.